The number of nitrogens with zero attached hydrogens (tertiary/aromatic N) is 1. The molecule has 4 rings (SSSR count). The van der Waals surface area contributed by atoms with Crippen LogP contribution in [0.2, 0.25) is 0 Å². The Hall–Kier alpha value is -2.27. The number of ether oxygens (including phenoxy) is 3. The molecule has 0 amide bonds. The summed E-state index contributed by atoms with van der Waals surface area (Å²) in [5.74, 6) is 2.00. The molecule has 1 fully saturated rings. The number of rotatable bonds is 7. The lowest BCUT2D eigenvalue weighted by Crippen LogP contribution is -2.07. The third-order valence-electron chi connectivity index (χ3n) is 5.19. The molecular weight excluding hydrogens is 328 g/mol. The Kier molecular flexibility index (Phi) is 4.98. The van der Waals surface area contributed by atoms with Gasteiger partial charge in [0.25, 0.3) is 0 Å². The maximum atomic E-state index is 5.85. The molecule has 2 heterocycles. The Bertz CT molecular complexity index is 897. The van der Waals surface area contributed by atoms with Crippen molar-refractivity contribution >= 4 is 21.8 Å². The summed E-state index contributed by atoms with van der Waals surface area (Å²) in [6.07, 6.45) is 6.95. The molecule has 0 unspecified atom stereocenters. The highest BCUT2D eigenvalue weighted by atomic mass is 16.5. The second-order valence-corrected chi connectivity index (χ2v) is 6.73. The van der Waals surface area contributed by atoms with Gasteiger partial charge in [-0.05, 0) is 31.9 Å². The standard InChI is InChI=1S/C21H25N2O3/c1-3-25-10-11-26-19-13-17-15(12-18(19)24-2)20-16(23-17)8-9-22-21(20)14-6-4-5-7-14/h8-9,12-14,23H,1,3-7,10-11H2,2H3. The highest BCUT2D eigenvalue weighted by molar-refractivity contribution is 6.09. The fourth-order valence-electron chi connectivity index (χ4n) is 3.97. The number of H-pyrrole nitrogens is 1. The van der Waals surface area contributed by atoms with Gasteiger partial charge in [-0.3, -0.25) is 4.98 Å². The summed E-state index contributed by atoms with van der Waals surface area (Å²) < 4.78 is 16.7. The summed E-state index contributed by atoms with van der Waals surface area (Å²) in [5, 5.41) is 2.37. The van der Waals surface area contributed by atoms with E-state index in [2.05, 4.69) is 18.0 Å². The van der Waals surface area contributed by atoms with Crippen molar-refractivity contribution in [1.29, 1.82) is 0 Å². The van der Waals surface area contributed by atoms with E-state index in [1.54, 1.807) is 7.11 Å². The second kappa shape index (κ2) is 7.54. The van der Waals surface area contributed by atoms with Crippen molar-refractivity contribution in [2.75, 3.05) is 26.9 Å². The molecule has 5 nitrogen and oxygen atoms in total. The minimum absolute atomic E-state index is 0.443. The Balaban J connectivity index is 1.77. The molecule has 0 aliphatic heterocycles. The summed E-state index contributed by atoms with van der Waals surface area (Å²) in [4.78, 5) is 8.26. The Morgan fingerprint density at radius 3 is 2.77 bits per heavy atom. The first-order chi connectivity index (χ1) is 12.8. The third-order valence-corrected chi connectivity index (χ3v) is 5.19. The van der Waals surface area contributed by atoms with Gasteiger partial charge in [-0.15, -0.1) is 0 Å². The molecule has 5 heteroatoms. The van der Waals surface area contributed by atoms with E-state index in [0.29, 0.717) is 25.7 Å². The van der Waals surface area contributed by atoms with Crippen LogP contribution < -0.4 is 9.47 Å². The normalized spacial score (nSPS) is 15.2. The number of aromatic nitrogens is 2. The lowest BCUT2D eigenvalue weighted by molar-refractivity contribution is 0.118. The van der Waals surface area contributed by atoms with Gasteiger partial charge < -0.3 is 19.2 Å². The fraction of sp³-hybridized carbons (Fsp3) is 0.429. The first-order valence-corrected chi connectivity index (χ1v) is 9.30. The van der Waals surface area contributed by atoms with Crippen LogP contribution in [0.4, 0.5) is 0 Å². The van der Waals surface area contributed by atoms with Gasteiger partial charge in [-0.25, -0.2) is 0 Å². The third kappa shape index (κ3) is 3.12. The minimum Gasteiger partial charge on any atom is -0.493 e. The maximum Gasteiger partial charge on any atom is 0.163 e. The average molecular weight is 353 g/mol. The van der Waals surface area contributed by atoms with E-state index in [1.807, 2.05) is 18.3 Å². The molecule has 0 atom stereocenters. The molecule has 0 spiro atoms. The largest absolute Gasteiger partial charge is 0.493 e. The summed E-state index contributed by atoms with van der Waals surface area (Å²) in [7, 11) is 1.67. The summed E-state index contributed by atoms with van der Waals surface area (Å²) in [6.45, 7) is 5.07. The number of hydrogen-bond acceptors (Lipinski definition) is 4. The van der Waals surface area contributed by atoms with E-state index in [-0.39, 0.29) is 0 Å². The van der Waals surface area contributed by atoms with Gasteiger partial charge in [0, 0.05) is 41.1 Å². The van der Waals surface area contributed by atoms with Crippen LogP contribution in [0.5, 0.6) is 11.5 Å². The zero-order valence-electron chi connectivity index (χ0n) is 15.2. The summed E-state index contributed by atoms with van der Waals surface area (Å²) in [5.41, 5.74) is 3.38. The van der Waals surface area contributed by atoms with Crippen LogP contribution in [0.3, 0.4) is 0 Å². The summed E-state index contributed by atoms with van der Waals surface area (Å²) >= 11 is 0. The molecule has 3 aromatic rings. The van der Waals surface area contributed by atoms with Gasteiger partial charge >= 0.3 is 0 Å². The smallest absolute Gasteiger partial charge is 0.163 e. The second-order valence-electron chi connectivity index (χ2n) is 6.73. The van der Waals surface area contributed by atoms with Gasteiger partial charge in [0.2, 0.25) is 0 Å². The monoisotopic (exact) mass is 353 g/mol. The highest BCUT2D eigenvalue weighted by Crippen LogP contribution is 2.41. The number of benzene rings is 1. The molecule has 1 N–H and O–H groups in total. The predicted molar refractivity (Wildman–Crippen MR) is 103 cm³/mol. The topological polar surface area (TPSA) is 56.4 Å². The van der Waals surface area contributed by atoms with Gasteiger partial charge in [-0.1, -0.05) is 12.8 Å². The van der Waals surface area contributed by atoms with Crippen LogP contribution >= 0.6 is 0 Å². The van der Waals surface area contributed by atoms with Crippen LogP contribution in [0.15, 0.2) is 24.4 Å². The van der Waals surface area contributed by atoms with Crippen molar-refractivity contribution in [2.24, 2.45) is 0 Å². The fourth-order valence-corrected chi connectivity index (χ4v) is 3.97. The van der Waals surface area contributed by atoms with Crippen LogP contribution in [0, 0.1) is 6.92 Å². The number of nitrogens with one attached hydrogen (secondary N) is 1. The maximum absolute atomic E-state index is 5.85. The number of pyridine rings is 1. The van der Waals surface area contributed by atoms with Crippen molar-refractivity contribution in [3.05, 3.63) is 37.0 Å². The SMILES string of the molecule is [CH2]COCCOc1cc2[nH]c3ccnc(C4CCCC4)c3c2cc1OC. The lowest BCUT2D eigenvalue weighted by Gasteiger charge is -2.12. The van der Waals surface area contributed by atoms with Crippen LogP contribution in [0.1, 0.15) is 37.3 Å². The zero-order chi connectivity index (χ0) is 17.9. The van der Waals surface area contributed by atoms with E-state index in [9.17, 15) is 0 Å². The highest BCUT2D eigenvalue weighted by Gasteiger charge is 2.23. The Labute approximate surface area is 153 Å². The molecule has 0 bridgehead atoms. The van der Waals surface area contributed by atoms with E-state index >= 15 is 0 Å². The molecule has 1 aliphatic carbocycles. The Morgan fingerprint density at radius 2 is 2.00 bits per heavy atom. The lowest BCUT2D eigenvalue weighted by atomic mass is 9.98. The summed E-state index contributed by atoms with van der Waals surface area (Å²) in [6, 6.07) is 6.12. The van der Waals surface area contributed by atoms with E-state index in [0.717, 1.165) is 27.9 Å². The molecule has 1 aromatic carbocycles. The van der Waals surface area contributed by atoms with Gasteiger partial charge in [0.05, 0.1) is 24.9 Å². The van der Waals surface area contributed by atoms with E-state index in [4.69, 9.17) is 19.2 Å². The Morgan fingerprint density at radius 1 is 1.15 bits per heavy atom. The molecule has 0 saturated heterocycles. The van der Waals surface area contributed by atoms with Crippen LogP contribution in [-0.4, -0.2) is 36.9 Å². The molecule has 137 valence electrons. The van der Waals surface area contributed by atoms with E-state index < -0.39 is 0 Å². The van der Waals surface area contributed by atoms with Crippen LogP contribution in [-0.2, 0) is 4.74 Å². The van der Waals surface area contributed by atoms with Gasteiger partial charge in [0.15, 0.2) is 11.5 Å². The number of fused-ring (bicyclic) bond motifs is 3. The van der Waals surface area contributed by atoms with Crippen LogP contribution in [0.25, 0.3) is 21.8 Å². The predicted octanol–water partition coefficient (Wildman–Crippen LogP) is 4.61. The average Bonchev–Trinajstić information content (AvgIpc) is 3.31. The van der Waals surface area contributed by atoms with Crippen molar-refractivity contribution in [3.63, 3.8) is 0 Å². The van der Waals surface area contributed by atoms with Crippen molar-refractivity contribution in [1.82, 2.24) is 9.97 Å². The quantitative estimate of drug-likeness (QED) is 0.630. The first kappa shape index (κ1) is 17.2. The molecule has 26 heavy (non-hydrogen) atoms. The van der Waals surface area contributed by atoms with E-state index in [1.165, 1.54) is 36.8 Å². The number of methoxy groups -OCH3 is 1. The molecular formula is C21H25N2O3. The number of hydrogen-bond donors (Lipinski definition) is 1. The molecule has 1 saturated carbocycles. The van der Waals surface area contributed by atoms with Crippen molar-refractivity contribution in [3.8, 4) is 11.5 Å². The number of aromatic amines is 1. The van der Waals surface area contributed by atoms with Gasteiger partial charge in [-0.2, -0.15) is 0 Å². The van der Waals surface area contributed by atoms with Crippen molar-refractivity contribution < 1.29 is 14.2 Å². The molecule has 1 radical (unpaired) electrons. The van der Waals surface area contributed by atoms with Crippen molar-refractivity contribution in [2.45, 2.75) is 31.6 Å². The molecule has 2 aromatic heterocycles. The van der Waals surface area contributed by atoms with Gasteiger partial charge in [0.1, 0.15) is 6.61 Å². The first-order valence-electron chi connectivity index (χ1n) is 9.30. The zero-order valence-corrected chi connectivity index (χ0v) is 15.2. The minimum atomic E-state index is 0.443. The molecule has 1 aliphatic rings.